The predicted molar refractivity (Wildman–Crippen MR) is 76.1 cm³/mol. The van der Waals surface area contributed by atoms with Gasteiger partial charge in [0.15, 0.2) is 11.5 Å². The Kier molecular flexibility index (Phi) is 6.61. The Bertz CT molecular complexity index is 464. The number of hydrogen-bond acceptors (Lipinski definition) is 3. The summed E-state index contributed by atoms with van der Waals surface area (Å²) < 4.78 is 46.6. The minimum Gasteiger partial charge on any atom is -0.493 e. The van der Waals surface area contributed by atoms with Gasteiger partial charge in [-0.1, -0.05) is 25.4 Å². The van der Waals surface area contributed by atoms with Crippen LogP contribution in [0.2, 0.25) is 5.02 Å². The van der Waals surface area contributed by atoms with Gasteiger partial charge in [-0.15, -0.1) is 0 Å². The second-order valence-electron chi connectivity index (χ2n) is 4.86. The van der Waals surface area contributed by atoms with Gasteiger partial charge in [-0.2, -0.15) is 13.2 Å². The molecule has 0 atom stereocenters. The molecule has 0 aliphatic carbocycles. The van der Waals surface area contributed by atoms with Gasteiger partial charge in [0.05, 0.1) is 25.2 Å². The Hall–Kier alpha value is -1.14. The van der Waals surface area contributed by atoms with Gasteiger partial charge in [0.1, 0.15) is 0 Å². The molecule has 0 unspecified atom stereocenters. The molecule has 0 aliphatic heterocycles. The third kappa shape index (κ3) is 6.44. The smallest absolute Gasteiger partial charge is 0.392 e. The third-order valence-electron chi connectivity index (χ3n) is 2.64. The van der Waals surface area contributed by atoms with Crippen molar-refractivity contribution in [1.82, 2.24) is 5.32 Å². The van der Waals surface area contributed by atoms with E-state index < -0.39 is 19.2 Å². The first-order chi connectivity index (χ1) is 9.73. The summed E-state index contributed by atoms with van der Waals surface area (Å²) in [7, 11) is 1.42. The van der Waals surface area contributed by atoms with E-state index in [-0.39, 0.29) is 10.8 Å². The first kappa shape index (κ1) is 17.9. The van der Waals surface area contributed by atoms with Crippen LogP contribution in [-0.4, -0.2) is 25.9 Å². The van der Waals surface area contributed by atoms with Gasteiger partial charge in [-0.3, -0.25) is 0 Å². The minimum atomic E-state index is -4.26. The average molecular weight is 326 g/mol. The first-order valence-electron chi connectivity index (χ1n) is 6.52. The number of halogens is 4. The maximum atomic E-state index is 12.1. The van der Waals surface area contributed by atoms with E-state index in [0.29, 0.717) is 18.3 Å². The van der Waals surface area contributed by atoms with Crippen LogP contribution >= 0.6 is 11.6 Å². The maximum absolute atomic E-state index is 12.1. The van der Waals surface area contributed by atoms with Crippen molar-refractivity contribution in [3.05, 3.63) is 22.7 Å². The van der Waals surface area contributed by atoms with Gasteiger partial charge in [-0.05, 0) is 17.7 Å². The van der Waals surface area contributed by atoms with Crippen LogP contribution in [-0.2, 0) is 6.54 Å². The lowest BCUT2D eigenvalue weighted by Gasteiger charge is -2.15. The molecule has 0 radical (unpaired) electrons. The summed E-state index contributed by atoms with van der Waals surface area (Å²) in [5, 5.41) is 3.45. The van der Waals surface area contributed by atoms with E-state index >= 15 is 0 Å². The van der Waals surface area contributed by atoms with Crippen LogP contribution < -0.4 is 14.8 Å². The van der Waals surface area contributed by atoms with Crippen LogP contribution in [0.15, 0.2) is 12.1 Å². The first-order valence-corrected chi connectivity index (χ1v) is 6.90. The molecule has 0 heterocycles. The van der Waals surface area contributed by atoms with Gasteiger partial charge in [0.2, 0.25) is 0 Å². The summed E-state index contributed by atoms with van der Waals surface area (Å²) in [6.45, 7) is 4.10. The molecule has 1 aromatic rings. The van der Waals surface area contributed by atoms with Crippen LogP contribution in [0.1, 0.15) is 25.8 Å². The SMILES string of the molecule is COc1cc(CNC(C)C)cc(Cl)c1OCCC(F)(F)F. The van der Waals surface area contributed by atoms with Crippen molar-refractivity contribution in [3.63, 3.8) is 0 Å². The lowest BCUT2D eigenvalue weighted by atomic mass is 10.2. The molecule has 0 spiro atoms. The summed E-state index contributed by atoms with van der Waals surface area (Å²) >= 11 is 6.06. The van der Waals surface area contributed by atoms with E-state index in [4.69, 9.17) is 21.1 Å². The quantitative estimate of drug-likeness (QED) is 0.816. The molecule has 0 bridgehead atoms. The molecule has 1 N–H and O–H groups in total. The highest BCUT2D eigenvalue weighted by molar-refractivity contribution is 6.32. The highest BCUT2D eigenvalue weighted by Crippen LogP contribution is 2.37. The number of nitrogens with one attached hydrogen (secondary N) is 1. The fraction of sp³-hybridized carbons (Fsp3) is 0.571. The average Bonchev–Trinajstić information content (AvgIpc) is 2.36. The molecule has 0 aromatic heterocycles. The molecule has 0 fully saturated rings. The largest absolute Gasteiger partial charge is 0.493 e. The Balaban J connectivity index is 2.79. The maximum Gasteiger partial charge on any atom is 0.392 e. The van der Waals surface area contributed by atoms with E-state index in [0.717, 1.165) is 5.56 Å². The monoisotopic (exact) mass is 325 g/mol. The van der Waals surface area contributed by atoms with Crippen LogP contribution in [0.25, 0.3) is 0 Å². The number of rotatable bonds is 7. The molecule has 0 saturated carbocycles. The van der Waals surface area contributed by atoms with E-state index in [1.54, 1.807) is 12.1 Å². The Labute approximate surface area is 127 Å². The molecular formula is C14H19ClF3NO2. The predicted octanol–water partition coefficient (Wildman–Crippen LogP) is 4.18. The Morgan fingerprint density at radius 3 is 2.48 bits per heavy atom. The highest BCUT2D eigenvalue weighted by Gasteiger charge is 2.27. The zero-order valence-electron chi connectivity index (χ0n) is 12.2. The van der Waals surface area contributed by atoms with Crippen LogP contribution in [0.5, 0.6) is 11.5 Å². The summed E-state index contributed by atoms with van der Waals surface area (Å²) in [5.41, 5.74) is 0.869. The van der Waals surface area contributed by atoms with E-state index in [9.17, 15) is 13.2 Å². The number of alkyl halides is 3. The molecule has 1 rings (SSSR count). The normalized spacial score (nSPS) is 11.8. The van der Waals surface area contributed by atoms with Gasteiger partial charge in [0, 0.05) is 12.6 Å². The van der Waals surface area contributed by atoms with Crippen molar-refractivity contribution >= 4 is 11.6 Å². The molecular weight excluding hydrogens is 307 g/mol. The zero-order valence-corrected chi connectivity index (χ0v) is 12.9. The van der Waals surface area contributed by atoms with Crippen LogP contribution in [0.4, 0.5) is 13.2 Å². The van der Waals surface area contributed by atoms with Crippen LogP contribution in [0, 0.1) is 0 Å². The van der Waals surface area contributed by atoms with Crippen LogP contribution in [0.3, 0.4) is 0 Å². The lowest BCUT2D eigenvalue weighted by Crippen LogP contribution is -2.21. The van der Waals surface area contributed by atoms with Gasteiger partial charge in [0.25, 0.3) is 0 Å². The van der Waals surface area contributed by atoms with Crippen molar-refractivity contribution in [1.29, 1.82) is 0 Å². The molecule has 3 nitrogen and oxygen atoms in total. The number of ether oxygens (including phenoxy) is 2. The fourth-order valence-corrected chi connectivity index (χ4v) is 1.89. The summed E-state index contributed by atoms with van der Waals surface area (Å²) in [6, 6.07) is 3.66. The summed E-state index contributed by atoms with van der Waals surface area (Å²) in [6.07, 6.45) is -5.30. The van der Waals surface area contributed by atoms with Gasteiger partial charge in [-0.25, -0.2) is 0 Å². The minimum absolute atomic E-state index is 0.136. The van der Waals surface area contributed by atoms with E-state index in [2.05, 4.69) is 5.32 Å². The van der Waals surface area contributed by atoms with Crippen molar-refractivity contribution in [2.24, 2.45) is 0 Å². The van der Waals surface area contributed by atoms with Crippen molar-refractivity contribution in [2.75, 3.05) is 13.7 Å². The second-order valence-corrected chi connectivity index (χ2v) is 5.27. The molecule has 7 heteroatoms. The summed E-state index contributed by atoms with van der Waals surface area (Å²) in [4.78, 5) is 0. The standard InChI is InChI=1S/C14H19ClF3NO2/c1-9(2)19-8-10-6-11(15)13(12(7-10)20-3)21-5-4-14(16,17)18/h6-7,9,19H,4-5,8H2,1-3H3. The number of benzene rings is 1. The molecule has 0 amide bonds. The number of methoxy groups -OCH3 is 1. The lowest BCUT2D eigenvalue weighted by molar-refractivity contribution is -0.139. The fourth-order valence-electron chi connectivity index (χ4n) is 1.61. The zero-order chi connectivity index (χ0) is 16.0. The van der Waals surface area contributed by atoms with Crippen molar-refractivity contribution < 1.29 is 22.6 Å². The van der Waals surface area contributed by atoms with Gasteiger partial charge < -0.3 is 14.8 Å². The summed E-state index contributed by atoms with van der Waals surface area (Å²) in [5.74, 6) is 0.460. The topological polar surface area (TPSA) is 30.5 Å². The Morgan fingerprint density at radius 2 is 1.95 bits per heavy atom. The molecule has 0 saturated heterocycles. The molecule has 21 heavy (non-hydrogen) atoms. The number of hydrogen-bond donors (Lipinski definition) is 1. The van der Waals surface area contributed by atoms with Gasteiger partial charge >= 0.3 is 6.18 Å². The second kappa shape index (κ2) is 7.75. The van der Waals surface area contributed by atoms with E-state index in [1.807, 2.05) is 13.8 Å². The highest BCUT2D eigenvalue weighted by atomic mass is 35.5. The molecule has 1 aromatic carbocycles. The van der Waals surface area contributed by atoms with Crippen molar-refractivity contribution in [2.45, 2.75) is 39.0 Å². The molecule has 120 valence electrons. The third-order valence-corrected chi connectivity index (χ3v) is 2.92. The Morgan fingerprint density at radius 1 is 1.29 bits per heavy atom. The molecule has 0 aliphatic rings. The van der Waals surface area contributed by atoms with Crippen molar-refractivity contribution in [3.8, 4) is 11.5 Å². The van der Waals surface area contributed by atoms with E-state index in [1.165, 1.54) is 7.11 Å².